The molecule has 0 unspecified atom stereocenters. The molecule has 31 heavy (non-hydrogen) atoms. The molecule has 0 aliphatic heterocycles. The molecule has 158 valence electrons. The first-order chi connectivity index (χ1) is 15.0. The molecule has 1 amide bonds. The maximum Gasteiger partial charge on any atom is 0.314 e. The molecule has 1 N–H and O–H groups in total. The Kier molecular flexibility index (Phi) is 5.44. The second-order valence-corrected chi connectivity index (χ2v) is 6.92. The van der Waals surface area contributed by atoms with Crippen molar-refractivity contribution in [2.75, 3.05) is 19.0 Å². The van der Waals surface area contributed by atoms with Crippen molar-refractivity contribution >= 4 is 39.1 Å². The number of nitrogens with one attached hydrogen (secondary N) is 1. The van der Waals surface area contributed by atoms with Crippen molar-refractivity contribution in [1.82, 2.24) is 4.57 Å². The van der Waals surface area contributed by atoms with Crippen LogP contribution in [0.25, 0.3) is 21.8 Å². The number of rotatable bonds is 7. The Morgan fingerprint density at radius 2 is 1.84 bits per heavy atom. The Morgan fingerprint density at radius 1 is 1.06 bits per heavy atom. The van der Waals surface area contributed by atoms with Gasteiger partial charge in [0.25, 0.3) is 5.91 Å². The van der Waals surface area contributed by atoms with Crippen LogP contribution in [0.5, 0.6) is 11.5 Å². The van der Waals surface area contributed by atoms with E-state index in [1.54, 1.807) is 0 Å². The number of aromatic nitrogens is 1. The molecule has 0 spiro atoms. The van der Waals surface area contributed by atoms with Crippen molar-refractivity contribution in [2.24, 2.45) is 0 Å². The third-order valence-corrected chi connectivity index (χ3v) is 5.09. The van der Waals surface area contributed by atoms with Gasteiger partial charge in [-0.15, -0.1) is 0 Å². The number of methoxy groups -OCH3 is 1. The molecule has 0 saturated carbocycles. The number of benzene rings is 3. The lowest BCUT2D eigenvalue weighted by Gasteiger charge is -2.09. The van der Waals surface area contributed by atoms with Crippen LogP contribution in [0.1, 0.15) is 6.92 Å². The number of nitro groups is 1. The van der Waals surface area contributed by atoms with Gasteiger partial charge in [0.05, 0.1) is 18.1 Å². The van der Waals surface area contributed by atoms with Gasteiger partial charge >= 0.3 is 5.69 Å². The Hall–Kier alpha value is -4.07. The molecule has 4 aromatic rings. The Labute approximate surface area is 178 Å². The normalized spacial score (nSPS) is 10.9. The number of fused-ring (bicyclic) bond motifs is 3. The summed E-state index contributed by atoms with van der Waals surface area (Å²) in [5.41, 5.74) is 2.59. The van der Waals surface area contributed by atoms with E-state index in [0.717, 1.165) is 28.4 Å². The summed E-state index contributed by atoms with van der Waals surface area (Å²) in [7, 11) is 1.42. The van der Waals surface area contributed by atoms with Crippen LogP contribution < -0.4 is 14.8 Å². The number of carbonyl (C=O) groups is 1. The lowest BCUT2D eigenvalue weighted by Crippen LogP contribution is -2.20. The van der Waals surface area contributed by atoms with Crippen molar-refractivity contribution in [3.8, 4) is 11.5 Å². The minimum Gasteiger partial charge on any atom is -0.496 e. The lowest BCUT2D eigenvalue weighted by atomic mass is 10.1. The Morgan fingerprint density at radius 3 is 2.58 bits per heavy atom. The molecule has 0 aliphatic carbocycles. The molecule has 3 aromatic carbocycles. The zero-order valence-electron chi connectivity index (χ0n) is 17.1. The molecular weight excluding hydrogens is 398 g/mol. The highest BCUT2D eigenvalue weighted by atomic mass is 16.6. The number of carbonyl (C=O) groups excluding carboxylic acids is 1. The van der Waals surface area contributed by atoms with E-state index in [1.165, 1.54) is 25.3 Å². The van der Waals surface area contributed by atoms with Crippen LogP contribution in [0, 0.1) is 10.1 Å². The van der Waals surface area contributed by atoms with Crippen LogP contribution in [-0.2, 0) is 11.3 Å². The average Bonchev–Trinajstić information content (AvgIpc) is 3.10. The van der Waals surface area contributed by atoms with Gasteiger partial charge in [-0.3, -0.25) is 14.9 Å². The van der Waals surface area contributed by atoms with Crippen molar-refractivity contribution in [1.29, 1.82) is 0 Å². The molecular formula is C23H21N3O5. The van der Waals surface area contributed by atoms with Crippen molar-refractivity contribution in [2.45, 2.75) is 13.5 Å². The van der Waals surface area contributed by atoms with Crippen LogP contribution in [0.15, 0.2) is 60.7 Å². The second kappa shape index (κ2) is 8.35. The van der Waals surface area contributed by atoms with E-state index in [-0.39, 0.29) is 18.0 Å². The summed E-state index contributed by atoms with van der Waals surface area (Å²) >= 11 is 0. The van der Waals surface area contributed by atoms with Gasteiger partial charge in [0.1, 0.15) is 5.75 Å². The summed E-state index contributed by atoms with van der Waals surface area (Å²) in [6.07, 6.45) is 0. The van der Waals surface area contributed by atoms with Gasteiger partial charge in [-0.2, -0.15) is 0 Å². The SMILES string of the molecule is CCn1c2ccccc2c2cc(NC(=O)COc3ccc(OC)cc3[N+](=O)[O-])ccc21. The fourth-order valence-electron chi connectivity index (χ4n) is 3.70. The summed E-state index contributed by atoms with van der Waals surface area (Å²) in [5.74, 6) is -0.0749. The molecule has 1 aromatic heterocycles. The fourth-order valence-corrected chi connectivity index (χ4v) is 3.70. The van der Waals surface area contributed by atoms with E-state index in [0.29, 0.717) is 11.4 Å². The highest BCUT2D eigenvalue weighted by molar-refractivity contribution is 6.09. The van der Waals surface area contributed by atoms with Crippen LogP contribution >= 0.6 is 0 Å². The van der Waals surface area contributed by atoms with Gasteiger partial charge in [0.2, 0.25) is 0 Å². The number of amides is 1. The van der Waals surface area contributed by atoms with Gasteiger partial charge in [-0.1, -0.05) is 18.2 Å². The molecule has 0 radical (unpaired) electrons. The van der Waals surface area contributed by atoms with E-state index in [1.807, 2.05) is 30.3 Å². The number of nitro benzene ring substituents is 1. The highest BCUT2D eigenvalue weighted by Crippen LogP contribution is 2.32. The smallest absolute Gasteiger partial charge is 0.314 e. The van der Waals surface area contributed by atoms with Crippen LogP contribution in [-0.4, -0.2) is 29.1 Å². The van der Waals surface area contributed by atoms with E-state index < -0.39 is 10.8 Å². The number of para-hydroxylation sites is 1. The first kappa shape index (κ1) is 20.2. The minimum atomic E-state index is -0.576. The van der Waals surface area contributed by atoms with Crippen LogP contribution in [0.2, 0.25) is 0 Å². The standard InChI is InChI=1S/C23H21N3O5/c1-3-25-19-7-5-4-6-17(19)18-12-15(8-10-20(18)25)24-23(27)14-31-22-11-9-16(30-2)13-21(22)26(28)29/h4-13H,3,14H2,1-2H3,(H,24,27). The van der Waals surface area contributed by atoms with Gasteiger partial charge in [0.15, 0.2) is 12.4 Å². The molecule has 4 rings (SSSR count). The third kappa shape index (κ3) is 3.87. The predicted octanol–water partition coefficient (Wildman–Crippen LogP) is 4.75. The minimum absolute atomic E-state index is 0.00224. The maximum atomic E-state index is 12.4. The zero-order chi connectivity index (χ0) is 22.0. The zero-order valence-corrected chi connectivity index (χ0v) is 17.1. The lowest BCUT2D eigenvalue weighted by molar-refractivity contribution is -0.385. The van der Waals surface area contributed by atoms with Crippen LogP contribution in [0.3, 0.4) is 0 Å². The summed E-state index contributed by atoms with van der Waals surface area (Å²) in [5, 5.41) is 16.2. The van der Waals surface area contributed by atoms with Gasteiger partial charge in [-0.05, 0) is 43.3 Å². The quantitative estimate of drug-likeness (QED) is 0.345. The number of hydrogen-bond acceptors (Lipinski definition) is 5. The maximum absolute atomic E-state index is 12.4. The topological polar surface area (TPSA) is 95.6 Å². The molecule has 0 bridgehead atoms. The molecule has 0 aliphatic rings. The molecule has 0 atom stereocenters. The van der Waals surface area contributed by atoms with Gasteiger partial charge < -0.3 is 19.4 Å². The molecule has 0 fully saturated rings. The molecule has 8 heteroatoms. The Bertz CT molecular complexity index is 1300. The average molecular weight is 419 g/mol. The van der Waals surface area contributed by atoms with E-state index in [2.05, 4.69) is 28.9 Å². The molecule has 0 saturated heterocycles. The van der Waals surface area contributed by atoms with Crippen LogP contribution in [0.4, 0.5) is 11.4 Å². The van der Waals surface area contributed by atoms with Gasteiger partial charge in [-0.25, -0.2) is 0 Å². The first-order valence-electron chi connectivity index (χ1n) is 9.78. The largest absolute Gasteiger partial charge is 0.496 e. The number of nitrogens with zero attached hydrogens (tertiary/aromatic N) is 2. The summed E-state index contributed by atoms with van der Waals surface area (Å²) in [6.45, 7) is 2.57. The second-order valence-electron chi connectivity index (χ2n) is 6.92. The van der Waals surface area contributed by atoms with Crippen molar-refractivity contribution in [3.63, 3.8) is 0 Å². The summed E-state index contributed by atoms with van der Waals surface area (Å²) < 4.78 is 12.6. The fraction of sp³-hybridized carbons (Fsp3) is 0.174. The number of anilines is 1. The van der Waals surface area contributed by atoms with E-state index >= 15 is 0 Å². The first-order valence-corrected chi connectivity index (χ1v) is 9.78. The third-order valence-electron chi connectivity index (χ3n) is 5.09. The number of hydrogen-bond donors (Lipinski definition) is 1. The van der Waals surface area contributed by atoms with Gasteiger partial charge in [0, 0.05) is 34.0 Å². The predicted molar refractivity (Wildman–Crippen MR) is 119 cm³/mol. The van der Waals surface area contributed by atoms with Crippen molar-refractivity contribution < 1.29 is 19.2 Å². The Balaban J connectivity index is 1.53. The molecule has 1 heterocycles. The monoisotopic (exact) mass is 419 g/mol. The molecule has 8 nitrogen and oxygen atoms in total. The summed E-state index contributed by atoms with van der Waals surface area (Å²) in [4.78, 5) is 23.1. The number of ether oxygens (including phenoxy) is 2. The van der Waals surface area contributed by atoms with E-state index in [9.17, 15) is 14.9 Å². The van der Waals surface area contributed by atoms with E-state index in [4.69, 9.17) is 9.47 Å². The summed E-state index contributed by atoms with van der Waals surface area (Å²) in [6, 6.07) is 18.1. The number of aryl methyl sites for hydroxylation is 1. The highest BCUT2D eigenvalue weighted by Gasteiger charge is 2.18. The van der Waals surface area contributed by atoms with Crippen molar-refractivity contribution in [3.05, 3.63) is 70.8 Å².